The second-order valence-electron chi connectivity index (χ2n) is 9.11. The van der Waals surface area contributed by atoms with E-state index in [1.54, 1.807) is 0 Å². The van der Waals surface area contributed by atoms with Gasteiger partial charge in [0.05, 0.1) is 0 Å². The van der Waals surface area contributed by atoms with Gasteiger partial charge >= 0.3 is 0 Å². The van der Waals surface area contributed by atoms with Crippen LogP contribution in [0.4, 0.5) is 5.69 Å². The van der Waals surface area contributed by atoms with E-state index in [2.05, 4.69) is 116 Å². The van der Waals surface area contributed by atoms with E-state index >= 15 is 0 Å². The van der Waals surface area contributed by atoms with Gasteiger partial charge in [0.1, 0.15) is 11.5 Å². The summed E-state index contributed by atoms with van der Waals surface area (Å²) in [7, 11) is 0. The Morgan fingerprint density at radius 3 is 2.62 bits per heavy atom. The molecule has 3 unspecified atom stereocenters. The molecular weight excluding hydrogens is 418 g/mol. The van der Waals surface area contributed by atoms with Crippen LogP contribution in [0.25, 0.3) is 6.08 Å². The van der Waals surface area contributed by atoms with Gasteiger partial charge in [-0.2, -0.15) is 0 Å². The summed E-state index contributed by atoms with van der Waals surface area (Å²) in [5.41, 5.74) is 5.08. The predicted octanol–water partition coefficient (Wildman–Crippen LogP) is 6.94. The summed E-state index contributed by atoms with van der Waals surface area (Å²) >= 11 is 0. The van der Waals surface area contributed by atoms with Crippen LogP contribution in [0.1, 0.15) is 31.1 Å². The lowest BCUT2D eigenvalue weighted by Gasteiger charge is -2.45. The van der Waals surface area contributed by atoms with Gasteiger partial charge in [0.2, 0.25) is 0 Å². The van der Waals surface area contributed by atoms with E-state index in [1.807, 2.05) is 6.07 Å². The summed E-state index contributed by atoms with van der Waals surface area (Å²) < 4.78 is 13.7. The van der Waals surface area contributed by atoms with Crippen LogP contribution < -0.4 is 9.64 Å². The SMILES string of the molecule is CCN(CC)c1ccc2c(c1)OC1(C=C2)C=C2C(=CC=C3C=CC=CC32)OC1c1ccccc1. The lowest BCUT2D eigenvalue weighted by atomic mass is 9.76. The Morgan fingerprint density at radius 2 is 1.79 bits per heavy atom. The van der Waals surface area contributed by atoms with Crippen LogP contribution in [0.3, 0.4) is 0 Å². The molecule has 0 aromatic heterocycles. The highest BCUT2D eigenvalue weighted by molar-refractivity contribution is 5.68. The minimum absolute atomic E-state index is 0.180. The van der Waals surface area contributed by atoms with Gasteiger partial charge in [0.25, 0.3) is 0 Å². The van der Waals surface area contributed by atoms with E-state index in [-0.39, 0.29) is 12.0 Å². The third kappa shape index (κ3) is 3.35. The van der Waals surface area contributed by atoms with E-state index in [0.717, 1.165) is 35.7 Å². The molecule has 4 aliphatic rings. The highest BCUT2D eigenvalue weighted by Gasteiger charge is 2.47. The fourth-order valence-corrected chi connectivity index (χ4v) is 5.38. The number of fused-ring (bicyclic) bond motifs is 4. The van der Waals surface area contributed by atoms with E-state index in [9.17, 15) is 0 Å². The average Bonchev–Trinajstić information content (AvgIpc) is 2.89. The first-order valence-corrected chi connectivity index (χ1v) is 12.2. The molecule has 0 fully saturated rings. The smallest absolute Gasteiger partial charge is 0.187 e. The minimum atomic E-state index is -0.736. The molecule has 0 bridgehead atoms. The van der Waals surface area contributed by atoms with Crippen molar-refractivity contribution in [3.05, 3.63) is 125 Å². The topological polar surface area (TPSA) is 21.7 Å². The number of allylic oxidation sites excluding steroid dienone is 8. The van der Waals surface area contributed by atoms with E-state index in [1.165, 1.54) is 16.8 Å². The van der Waals surface area contributed by atoms with Gasteiger partial charge < -0.3 is 14.4 Å². The van der Waals surface area contributed by atoms with Crippen molar-refractivity contribution in [3.8, 4) is 5.75 Å². The summed E-state index contributed by atoms with van der Waals surface area (Å²) in [6.45, 7) is 6.29. The van der Waals surface area contributed by atoms with Crippen molar-refractivity contribution in [2.24, 2.45) is 5.92 Å². The predicted molar refractivity (Wildman–Crippen MR) is 139 cm³/mol. The third-order valence-electron chi connectivity index (χ3n) is 7.18. The molecular formula is C31H29NO2. The first-order chi connectivity index (χ1) is 16.7. The zero-order valence-electron chi connectivity index (χ0n) is 19.6. The maximum Gasteiger partial charge on any atom is 0.187 e. The average molecular weight is 448 g/mol. The quantitative estimate of drug-likeness (QED) is 0.507. The molecule has 0 saturated carbocycles. The van der Waals surface area contributed by atoms with Crippen molar-refractivity contribution in [2.45, 2.75) is 25.6 Å². The number of hydrogen-bond acceptors (Lipinski definition) is 3. The van der Waals surface area contributed by atoms with Crippen molar-refractivity contribution in [1.82, 2.24) is 0 Å². The lowest BCUT2D eigenvalue weighted by molar-refractivity contribution is -0.0226. The van der Waals surface area contributed by atoms with Gasteiger partial charge in [0.15, 0.2) is 11.7 Å². The van der Waals surface area contributed by atoms with Gasteiger partial charge in [-0.1, -0.05) is 66.8 Å². The van der Waals surface area contributed by atoms with Crippen molar-refractivity contribution in [2.75, 3.05) is 18.0 Å². The van der Waals surface area contributed by atoms with E-state index < -0.39 is 5.60 Å². The maximum absolute atomic E-state index is 6.93. The summed E-state index contributed by atoms with van der Waals surface area (Å²) in [6.07, 6.45) is 19.3. The van der Waals surface area contributed by atoms with E-state index in [4.69, 9.17) is 9.47 Å². The fourth-order valence-electron chi connectivity index (χ4n) is 5.38. The van der Waals surface area contributed by atoms with Crippen LogP contribution in [0.2, 0.25) is 0 Å². The number of rotatable bonds is 4. The Balaban J connectivity index is 1.49. The normalized spacial score (nSPS) is 25.8. The molecule has 3 nitrogen and oxygen atoms in total. The number of benzene rings is 2. The van der Waals surface area contributed by atoms with Gasteiger partial charge in [-0.15, -0.1) is 0 Å². The van der Waals surface area contributed by atoms with Crippen molar-refractivity contribution in [1.29, 1.82) is 0 Å². The second kappa shape index (κ2) is 8.25. The zero-order valence-corrected chi connectivity index (χ0v) is 19.6. The Hall–Kier alpha value is -3.72. The molecule has 6 rings (SSSR count). The van der Waals surface area contributed by atoms with Crippen molar-refractivity contribution in [3.63, 3.8) is 0 Å². The van der Waals surface area contributed by atoms with E-state index in [0.29, 0.717) is 0 Å². The summed E-state index contributed by atoms with van der Waals surface area (Å²) in [5.74, 6) is 2.00. The molecule has 2 aromatic rings. The molecule has 2 aromatic carbocycles. The molecule has 2 aliphatic carbocycles. The molecule has 2 heterocycles. The summed E-state index contributed by atoms with van der Waals surface area (Å²) in [6, 6.07) is 16.9. The molecule has 3 atom stereocenters. The zero-order chi connectivity index (χ0) is 23.1. The highest BCUT2D eigenvalue weighted by Crippen LogP contribution is 2.50. The standard InChI is InChI=1S/C31H29NO2/c1-3-32(4-2)25-16-14-23-18-19-31(34-29(23)20-25)21-27-26-13-9-8-10-22(26)15-17-28(27)33-30(31)24-11-6-5-7-12-24/h5-21,26,30H,3-4H2,1-2H3. The van der Waals surface area contributed by atoms with Gasteiger partial charge in [-0.05, 0) is 55.3 Å². The van der Waals surface area contributed by atoms with Crippen LogP contribution in [0.5, 0.6) is 5.75 Å². The van der Waals surface area contributed by atoms with Crippen molar-refractivity contribution >= 4 is 11.8 Å². The Kier molecular flexibility index (Phi) is 5.06. The van der Waals surface area contributed by atoms with Crippen LogP contribution >= 0.6 is 0 Å². The number of hydrogen-bond donors (Lipinski definition) is 0. The molecule has 0 amide bonds. The summed E-state index contributed by atoms with van der Waals surface area (Å²) in [5, 5.41) is 0. The van der Waals surface area contributed by atoms with Crippen LogP contribution in [0.15, 0.2) is 114 Å². The van der Waals surface area contributed by atoms with Gasteiger partial charge in [-0.3, -0.25) is 0 Å². The lowest BCUT2D eigenvalue weighted by Crippen LogP contribution is -2.45. The molecule has 0 N–H and O–H groups in total. The molecule has 0 radical (unpaired) electrons. The third-order valence-corrected chi connectivity index (χ3v) is 7.18. The van der Waals surface area contributed by atoms with Crippen LogP contribution in [-0.4, -0.2) is 18.7 Å². The minimum Gasteiger partial charge on any atom is -0.480 e. The Morgan fingerprint density at radius 1 is 0.941 bits per heavy atom. The maximum atomic E-state index is 6.93. The van der Waals surface area contributed by atoms with Gasteiger partial charge in [0, 0.05) is 41.9 Å². The molecule has 34 heavy (non-hydrogen) atoms. The monoisotopic (exact) mass is 447 g/mol. The van der Waals surface area contributed by atoms with Crippen LogP contribution in [-0.2, 0) is 4.74 Å². The fraction of sp³-hybridized carbons (Fsp3) is 0.226. The molecule has 170 valence electrons. The Labute approximate surface area is 201 Å². The number of anilines is 1. The second-order valence-corrected chi connectivity index (χ2v) is 9.11. The number of ether oxygens (including phenoxy) is 2. The first kappa shape index (κ1) is 20.9. The molecule has 0 saturated heterocycles. The molecule has 1 spiro atoms. The van der Waals surface area contributed by atoms with Gasteiger partial charge in [-0.25, -0.2) is 0 Å². The highest BCUT2D eigenvalue weighted by atomic mass is 16.6. The largest absolute Gasteiger partial charge is 0.480 e. The number of nitrogens with zero attached hydrogens (tertiary/aromatic N) is 1. The van der Waals surface area contributed by atoms with Crippen molar-refractivity contribution < 1.29 is 9.47 Å². The van der Waals surface area contributed by atoms with Crippen LogP contribution in [0, 0.1) is 5.92 Å². The summed E-state index contributed by atoms with van der Waals surface area (Å²) in [4.78, 5) is 2.34. The Bertz CT molecular complexity index is 1290. The molecule has 2 aliphatic heterocycles. The molecule has 3 heteroatoms. The first-order valence-electron chi connectivity index (χ1n) is 12.2.